The van der Waals surface area contributed by atoms with E-state index in [0.717, 1.165) is 21.1 Å². The molecule has 0 saturated heterocycles. The summed E-state index contributed by atoms with van der Waals surface area (Å²) in [4.78, 5) is 10.3. The smallest absolute Gasteiger partial charge is 0.269 e. The number of rotatable bonds is 4. The molecule has 1 aliphatic heterocycles. The van der Waals surface area contributed by atoms with Gasteiger partial charge in [-0.05, 0) is 36.0 Å². The number of anilines is 1. The number of nitro groups is 1. The number of nitrogens with zero attached hydrogens (tertiary/aromatic N) is 2. The molecule has 7 nitrogen and oxygen atoms in total. The van der Waals surface area contributed by atoms with Crippen LogP contribution in [0, 0.1) is 10.1 Å². The van der Waals surface area contributed by atoms with Gasteiger partial charge in [-0.25, -0.2) is 12.7 Å². The molecule has 3 aromatic rings. The van der Waals surface area contributed by atoms with Crippen LogP contribution < -0.4 is 5.32 Å². The van der Waals surface area contributed by atoms with Crippen LogP contribution in [0.5, 0.6) is 0 Å². The highest BCUT2D eigenvalue weighted by Gasteiger charge is 2.39. The van der Waals surface area contributed by atoms with E-state index in [1.807, 2.05) is 54.6 Å². The molecule has 1 heterocycles. The summed E-state index contributed by atoms with van der Waals surface area (Å²) in [6, 6.07) is 20.7. The molecule has 1 N–H and O–H groups in total. The van der Waals surface area contributed by atoms with Gasteiger partial charge in [0.1, 0.15) is 0 Å². The van der Waals surface area contributed by atoms with Crippen molar-refractivity contribution in [1.29, 1.82) is 0 Å². The predicted octanol–water partition coefficient (Wildman–Crippen LogP) is 4.09. The van der Waals surface area contributed by atoms with Crippen LogP contribution >= 0.6 is 12.2 Å². The first kappa shape index (κ1) is 19.0. The molecule has 29 heavy (non-hydrogen) atoms. The Hall–Kier alpha value is -3.30. The number of hydrogen-bond donors (Lipinski definition) is 1. The summed E-state index contributed by atoms with van der Waals surface area (Å²) in [5, 5.41) is 13.9. The highest BCUT2D eigenvalue weighted by atomic mass is 32.2. The van der Waals surface area contributed by atoms with Gasteiger partial charge in [0, 0.05) is 23.4 Å². The lowest BCUT2D eigenvalue weighted by atomic mass is 9.96. The van der Waals surface area contributed by atoms with Crippen LogP contribution in [0.1, 0.15) is 17.2 Å². The molecule has 0 amide bonds. The Kier molecular flexibility index (Phi) is 4.77. The average molecular weight is 425 g/mol. The largest absolute Gasteiger partial charge is 0.331 e. The molecule has 0 unspecified atom stereocenters. The van der Waals surface area contributed by atoms with Crippen LogP contribution in [0.15, 0.2) is 83.8 Å². The van der Waals surface area contributed by atoms with Gasteiger partial charge in [0.25, 0.3) is 15.7 Å². The molecular weight excluding hydrogens is 410 g/mol. The number of sulfonamides is 1. The molecule has 9 heteroatoms. The molecule has 3 aromatic carbocycles. The van der Waals surface area contributed by atoms with Gasteiger partial charge in [0.15, 0.2) is 5.11 Å². The molecule has 4 rings (SSSR count). The van der Waals surface area contributed by atoms with Gasteiger partial charge in [-0.1, -0.05) is 48.5 Å². The minimum atomic E-state index is -4.09. The number of thiocarbonyl (C=S) groups is 1. The van der Waals surface area contributed by atoms with Crippen LogP contribution in [0.2, 0.25) is 0 Å². The molecule has 0 bridgehead atoms. The number of nitrogens with one attached hydrogen (secondary N) is 1. The van der Waals surface area contributed by atoms with Gasteiger partial charge in [0.05, 0.1) is 15.9 Å². The Labute approximate surface area is 172 Å². The minimum absolute atomic E-state index is 0.0379. The van der Waals surface area contributed by atoms with Crippen molar-refractivity contribution in [3.8, 4) is 0 Å². The third-order valence-corrected chi connectivity index (χ3v) is 6.84. The molecular formula is C20H15N3O4S2. The maximum atomic E-state index is 13.5. The molecule has 0 saturated carbocycles. The molecule has 1 aliphatic rings. The normalized spacial score (nSPS) is 16.1. The van der Waals surface area contributed by atoms with E-state index in [4.69, 9.17) is 12.2 Å². The van der Waals surface area contributed by atoms with E-state index in [1.54, 1.807) is 0 Å². The zero-order chi connectivity index (χ0) is 20.6. The Balaban J connectivity index is 1.88. The zero-order valence-electron chi connectivity index (χ0n) is 14.9. The van der Waals surface area contributed by atoms with Crippen molar-refractivity contribution in [2.75, 3.05) is 5.32 Å². The Morgan fingerprint density at radius 3 is 2.21 bits per heavy atom. The summed E-state index contributed by atoms with van der Waals surface area (Å²) in [6.45, 7) is 0. The molecule has 1 atom stereocenters. The predicted molar refractivity (Wildman–Crippen MR) is 113 cm³/mol. The van der Waals surface area contributed by atoms with Gasteiger partial charge in [-0.15, -0.1) is 0 Å². The van der Waals surface area contributed by atoms with Crippen molar-refractivity contribution >= 4 is 38.7 Å². The standard InChI is InChI=1S/C20H15N3O4S2/c24-23(25)15-10-12-16(13-11-15)29(26,27)22-19(14-6-2-1-3-7-14)17-8-4-5-9-18(17)21-20(22)28/h1-13,19H,(H,21,28)/t19-/m0/s1. The summed E-state index contributed by atoms with van der Waals surface area (Å²) < 4.78 is 28.2. The lowest BCUT2D eigenvalue weighted by molar-refractivity contribution is -0.384. The number of para-hydroxylation sites is 1. The second kappa shape index (κ2) is 7.26. The van der Waals surface area contributed by atoms with Crippen LogP contribution in [0.3, 0.4) is 0 Å². The van der Waals surface area contributed by atoms with Crippen LogP contribution in [-0.4, -0.2) is 22.8 Å². The summed E-state index contributed by atoms with van der Waals surface area (Å²) in [5.41, 5.74) is 2.07. The summed E-state index contributed by atoms with van der Waals surface area (Å²) in [7, 11) is -4.09. The fourth-order valence-electron chi connectivity index (χ4n) is 3.31. The zero-order valence-corrected chi connectivity index (χ0v) is 16.6. The van der Waals surface area contributed by atoms with Gasteiger partial charge in [-0.3, -0.25) is 10.1 Å². The van der Waals surface area contributed by atoms with E-state index in [1.165, 1.54) is 24.3 Å². The first-order valence-corrected chi connectivity index (χ1v) is 10.5. The maximum Gasteiger partial charge on any atom is 0.269 e. The number of nitro benzene ring substituents is 1. The van der Waals surface area contributed by atoms with Crippen LogP contribution in [0.4, 0.5) is 11.4 Å². The third kappa shape index (κ3) is 3.34. The van der Waals surface area contributed by atoms with Crippen molar-refractivity contribution in [1.82, 2.24) is 4.31 Å². The molecule has 146 valence electrons. The number of benzene rings is 3. The summed E-state index contributed by atoms with van der Waals surface area (Å²) in [5.74, 6) is 0. The van der Waals surface area contributed by atoms with Crippen LogP contribution in [-0.2, 0) is 10.0 Å². The first-order chi connectivity index (χ1) is 13.9. The minimum Gasteiger partial charge on any atom is -0.331 e. The van der Waals surface area contributed by atoms with Crippen molar-refractivity contribution in [3.05, 3.63) is 100 Å². The topological polar surface area (TPSA) is 92.5 Å². The van der Waals surface area contributed by atoms with Gasteiger partial charge < -0.3 is 5.32 Å². The van der Waals surface area contributed by atoms with Gasteiger partial charge in [0.2, 0.25) is 0 Å². The van der Waals surface area contributed by atoms with Crippen molar-refractivity contribution in [2.24, 2.45) is 0 Å². The van der Waals surface area contributed by atoms with Gasteiger partial charge >= 0.3 is 0 Å². The summed E-state index contributed by atoms with van der Waals surface area (Å²) in [6.07, 6.45) is 0. The van der Waals surface area contributed by atoms with Gasteiger partial charge in [-0.2, -0.15) is 0 Å². The molecule has 0 aromatic heterocycles. The van der Waals surface area contributed by atoms with E-state index in [9.17, 15) is 18.5 Å². The van der Waals surface area contributed by atoms with Crippen molar-refractivity contribution < 1.29 is 13.3 Å². The average Bonchev–Trinajstić information content (AvgIpc) is 2.73. The number of non-ortho nitro benzene ring substituents is 1. The first-order valence-electron chi connectivity index (χ1n) is 8.63. The van der Waals surface area contributed by atoms with Crippen molar-refractivity contribution in [2.45, 2.75) is 10.9 Å². The second-order valence-corrected chi connectivity index (χ2v) is 8.58. The molecule has 0 fully saturated rings. The fourth-order valence-corrected chi connectivity index (χ4v) is 5.31. The van der Waals surface area contributed by atoms with Crippen LogP contribution in [0.25, 0.3) is 0 Å². The van der Waals surface area contributed by atoms with E-state index in [2.05, 4.69) is 5.32 Å². The fraction of sp³-hybridized carbons (Fsp3) is 0.0500. The van der Waals surface area contributed by atoms with E-state index >= 15 is 0 Å². The Morgan fingerprint density at radius 1 is 0.931 bits per heavy atom. The molecule has 0 radical (unpaired) electrons. The van der Waals surface area contributed by atoms with E-state index in [0.29, 0.717) is 0 Å². The van der Waals surface area contributed by atoms with E-state index in [-0.39, 0.29) is 15.7 Å². The molecule has 0 aliphatic carbocycles. The SMILES string of the molecule is O=[N+]([O-])c1ccc(S(=O)(=O)N2C(=S)Nc3ccccc3[C@@H]2c2ccccc2)cc1. The maximum absolute atomic E-state index is 13.5. The quantitative estimate of drug-likeness (QED) is 0.385. The van der Waals surface area contributed by atoms with E-state index < -0.39 is 21.0 Å². The molecule has 0 spiro atoms. The Bertz CT molecular complexity index is 1200. The number of hydrogen-bond acceptors (Lipinski definition) is 5. The lowest BCUT2D eigenvalue weighted by Gasteiger charge is -2.38. The monoisotopic (exact) mass is 425 g/mol. The Morgan fingerprint density at radius 2 is 1.55 bits per heavy atom. The highest BCUT2D eigenvalue weighted by molar-refractivity contribution is 7.91. The highest BCUT2D eigenvalue weighted by Crippen LogP contribution is 2.40. The third-order valence-electron chi connectivity index (χ3n) is 4.65. The lowest BCUT2D eigenvalue weighted by Crippen LogP contribution is -2.46. The number of fused-ring (bicyclic) bond motifs is 1. The second-order valence-electron chi connectivity index (χ2n) is 6.38. The van der Waals surface area contributed by atoms with Crippen molar-refractivity contribution in [3.63, 3.8) is 0 Å². The summed E-state index contributed by atoms with van der Waals surface area (Å²) >= 11 is 5.42.